The summed E-state index contributed by atoms with van der Waals surface area (Å²) in [6.07, 6.45) is 2.90. The fourth-order valence-electron chi connectivity index (χ4n) is 3.26. The summed E-state index contributed by atoms with van der Waals surface area (Å²) in [5.41, 5.74) is 3.70. The Labute approximate surface area is 148 Å². The molecule has 0 unspecified atom stereocenters. The zero-order valence-corrected chi connectivity index (χ0v) is 15.2. The Bertz CT molecular complexity index is 820. The second kappa shape index (κ2) is 6.75. The van der Waals surface area contributed by atoms with Crippen molar-refractivity contribution in [3.63, 3.8) is 0 Å². The quantitative estimate of drug-likeness (QED) is 0.928. The minimum Gasteiger partial charge on any atom is -0.468 e. The van der Waals surface area contributed by atoms with Crippen LogP contribution in [-0.2, 0) is 6.42 Å². The highest BCUT2D eigenvalue weighted by Gasteiger charge is 2.31. The highest BCUT2D eigenvalue weighted by molar-refractivity contribution is 6.14. The number of benzene rings is 1. The number of carbonyl (C=O) groups excluding carboxylic acids is 2. The van der Waals surface area contributed by atoms with Crippen LogP contribution in [0.2, 0.25) is 0 Å². The number of nitrogens with one attached hydrogen (secondary N) is 1. The van der Waals surface area contributed by atoms with Gasteiger partial charge in [-0.25, -0.2) is 0 Å². The third kappa shape index (κ3) is 3.18. The molecule has 1 aliphatic heterocycles. The number of rotatable bonds is 3. The standard InChI is InChI=1S/C20H24N2O3/c1-12(2)22(16-10-13(3)7-8-14(16)4)20(24)15-11-25-17-6-5-9-21-19(23)18(15)17/h7-8,10-12H,5-6,9H2,1-4H3,(H,21,23). The topological polar surface area (TPSA) is 62.6 Å². The number of hydrogen-bond donors (Lipinski definition) is 1. The van der Waals surface area contributed by atoms with Crippen LogP contribution < -0.4 is 10.2 Å². The predicted molar refractivity (Wildman–Crippen MR) is 97.2 cm³/mol. The summed E-state index contributed by atoms with van der Waals surface area (Å²) in [5.74, 6) is 0.169. The van der Waals surface area contributed by atoms with E-state index >= 15 is 0 Å². The van der Waals surface area contributed by atoms with Gasteiger partial charge in [0.25, 0.3) is 11.8 Å². The van der Waals surface area contributed by atoms with Crippen LogP contribution in [0.4, 0.5) is 5.69 Å². The van der Waals surface area contributed by atoms with Crippen molar-refractivity contribution in [1.82, 2.24) is 5.32 Å². The lowest BCUT2D eigenvalue weighted by molar-refractivity contribution is 0.0933. The number of fused-ring (bicyclic) bond motifs is 1. The molecule has 2 heterocycles. The molecule has 5 heteroatoms. The van der Waals surface area contributed by atoms with Crippen molar-refractivity contribution in [3.8, 4) is 0 Å². The Morgan fingerprint density at radius 2 is 2.04 bits per heavy atom. The van der Waals surface area contributed by atoms with Gasteiger partial charge in [-0.15, -0.1) is 0 Å². The molecule has 0 spiro atoms. The third-order valence-corrected chi connectivity index (χ3v) is 4.55. The number of aryl methyl sites for hydroxylation is 3. The van der Waals surface area contributed by atoms with E-state index in [0.717, 1.165) is 23.2 Å². The first-order valence-electron chi connectivity index (χ1n) is 8.69. The number of amides is 2. The molecule has 0 aliphatic carbocycles. The van der Waals surface area contributed by atoms with Gasteiger partial charge >= 0.3 is 0 Å². The van der Waals surface area contributed by atoms with Crippen molar-refractivity contribution in [2.45, 2.75) is 46.6 Å². The second-order valence-corrected chi connectivity index (χ2v) is 6.87. The van der Waals surface area contributed by atoms with E-state index in [1.165, 1.54) is 6.26 Å². The normalized spacial score (nSPS) is 14.0. The summed E-state index contributed by atoms with van der Waals surface area (Å²) >= 11 is 0. The van der Waals surface area contributed by atoms with Gasteiger partial charge in [0.2, 0.25) is 0 Å². The highest BCUT2D eigenvalue weighted by atomic mass is 16.3. The molecule has 132 valence electrons. The smallest absolute Gasteiger partial charge is 0.262 e. The van der Waals surface area contributed by atoms with Gasteiger partial charge in [-0.1, -0.05) is 12.1 Å². The van der Waals surface area contributed by atoms with E-state index in [2.05, 4.69) is 5.32 Å². The van der Waals surface area contributed by atoms with Crippen LogP contribution in [-0.4, -0.2) is 24.4 Å². The summed E-state index contributed by atoms with van der Waals surface area (Å²) in [6.45, 7) is 8.53. The summed E-state index contributed by atoms with van der Waals surface area (Å²) < 4.78 is 5.57. The second-order valence-electron chi connectivity index (χ2n) is 6.87. The Morgan fingerprint density at radius 3 is 2.76 bits per heavy atom. The largest absolute Gasteiger partial charge is 0.468 e. The summed E-state index contributed by atoms with van der Waals surface area (Å²) in [4.78, 5) is 27.5. The molecular weight excluding hydrogens is 316 g/mol. The lowest BCUT2D eigenvalue weighted by atomic mass is 10.0. The average Bonchev–Trinajstić information content (AvgIpc) is 2.90. The monoisotopic (exact) mass is 340 g/mol. The van der Waals surface area contributed by atoms with E-state index in [0.29, 0.717) is 29.9 Å². The minimum absolute atomic E-state index is 0.0487. The molecule has 0 atom stereocenters. The van der Waals surface area contributed by atoms with Crippen LogP contribution >= 0.6 is 0 Å². The number of carbonyl (C=O) groups is 2. The Balaban J connectivity index is 2.08. The molecule has 2 aromatic rings. The maximum absolute atomic E-state index is 13.3. The molecule has 25 heavy (non-hydrogen) atoms. The maximum atomic E-state index is 13.3. The number of nitrogens with zero attached hydrogens (tertiary/aromatic N) is 1. The summed E-state index contributed by atoms with van der Waals surface area (Å²) in [5, 5.41) is 2.84. The van der Waals surface area contributed by atoms with Gasteiger partial charge in [-0.2, -0.15) is 0 Å². The van der Waals surface area contributed by atoms with Gasteiger partial charge in [0.15, 0.2) is 0 Å². The maximum Gasteiger partial charge on any atom is 0.262 e. The summed E-state index contributed by atoms with van der Waals surface area (Å²) in [6, 6.07) is 5.99. The van der Waals surface area contributed by atoms with Gasteiger partial charge in [0.05, 0.1) is 11.1 Å². The van der Waals surface area contributed by atoms with Crippen molar-refractivity contribution in [2.24, 2.45) is 0 Å². The lowest BCUT2D eigenvalue weighted by Crippen LogP contribution is -2.38. The van der Waals surface area contributed by atoms with Crippen molar-refractivity contribution in [1.29, 1.82) is 0 Å². The van der Waals surface area contributed by atoms with Crippen LogP contribution in [0.5, 0.6) is 0 Å². The molecule has 0 saturated heterocycles. The highest BCUT2D eigenvalue weighted by Crippen LogP contribution is 2.29. The SMILES string of the molecule is Cc1ccc(C)c(N(C(=O)c2coc3c2C(=O)NCCC3)C(C)C)c1. The molecule has 5 nitrogen and oxygen atoms in total. The molecule has 1 N–H and O–H groups in total. The van der Waals surface area contributed by atoms with Crippen molar-refractivity contribution in [2.75, 3.05) is 11.4 Å². The minimum atomic E-state index is -0.228. The first-order valence-corrected chi connectivity index (χ1v) is 8.69. The predicted octanol–water partition coefficient (Wildman–Crippen LogP) is 3.63. The van der Waals surface area contributed by atoms with Crippen LogP contribution in [0.3, 0.4) is 0 Å². The fourth-order valence-corrected chi connectivity index (χ4v) is 3.26. The Kier molecular flexibility index (Phi) is 4.66. The molecular formula is C20H24N2O3. The lowest BCUT2D eigenvalue weighted by Gasteiger charge is -2.28. The number of anilines is 1. The zero-order valence-electron chi connectivity index (χ0n) is 15.2. The van der Waals surface area contributed by atoms with Gasteiger partial charge in [-0.05, 0) is 51.3 Å². The molecule has 0 radical (unpaired) electrons. The van der Waals surface area contributed by atoms with Gasteiger partial charge in [-0.3, -0.25) is 9.59 Å². The van der Waals surface area contributed by atoms with E-state index in [-0.39, 0.29) is 17.9 Å². The molecule has 1 aromatic carbocycles. The fraction of sp³-hybridized carbons (Fsp3) is 0.400. The molecule has 1 aliphatic rings. The molecule has 3 rings (SSSR count). The van der Waals surface area contributed by atoms with Gasteiger partial charge in [0, 0.05) is 24.7 Å². The average molecular weight is 340 g/mol. The molecule has 2 amide bonds. The van der Waals surface area contributed by atoms with Gasteiger partial charge in [0.1, 0.15) is 12.0 Å². The van der Waals surface area contributed by atoms with Gasteiger partial charge < -0.3 is 14.6 Å². The van der Waals surface area contributed by atoms with E-state index in [9.17, 15) is 9.59 Å². The van der Waals surface area contributed by atoms with E-state index in [1.54, 1.807) is 4.90 Å². The number of hydrogen-bond acceptors (Lipinski definition) is 3. The van der Waals surface area contributed by atoms with Crippen LogP contribution in [0.25, 0.3) is 0 Å². The van der Waals surface area contributed by atoms with Crippen molar-refractivity contribution in [3.05, 3.63) is 52.5 Å². The van der Waals surface area contributed by atoms with E-state index < -0.39 is 0 Å². The first-order chi connectivity index (χ1) is 11.9. The van der Waals surface area contributed by atoms with Crippen LogP contribution in [0.15, 0.2) is 28.9 Å². The zero-order chi connectivity index (χ0) is 18.1. The Hall–Kier alpha value is -2.56. The molecule has 0 bridgehead atoms. The van der Waals surface area contributed by atoms with E-state index in [4.69, 9.17) is 4.42 Å². The van der Waals surface area contributed by atoms with Crippen LogP contribution in [0.1, 0.15) is 57.9 Å². The first kappa shape index (κ1) is 17.3. The molecule has 0 fully saturated rings. The van der Waals surface area contributed by atoms with Crippen molar-refractivity contribution < 1.29 is 14.0 Å². The molecule has 0 saturated carbocycles. The van der Waals surface area contributed by atoms with E-state index in [1.807, 2.05) is 45.9 Å². The summed E-state index contributed by atoms with van der Waals surface area (Å²) in [7, 11) is 0. The Morgan fingerprint density at radius 1 is 1.28 bits per heavy atom. The number of furan rings is 1. The molecule has 1 aromatic heterocycles. The van der Waals surface area contributed by atoms with Crippen molar-refractivity contribution >= 4 is 17.5 Å². The third-order valence-electron chi connectivity index (χ3n) is 4.55. The van der Waals surface area contributed by atoms with Crippen LogP contribution in [0, 0.1) is 13.8 Å².